The topological polar surface area (TPSA) is 52.3 Å². The third-order valence-electron chi connectivity index (χ3n) is 3.93. The van der Waals surface area contributed by atoms with Crippen molar-refractivity contribution < 1.29 is 13.9 Å². The number of aromatic nitrogens is 1. The van der Waals surface area contributed by atoms with Crippen molar-refractivity contribution in [3.8, 4) is 17.1 Å². The molecule has 1 aromatic heterocycles. The largest absolute Gasteiger partial charge is 0.441 e. The lowest BCUT2D eigenvalue weighted by Crippen LogP contribution is -2.09. The Bertz CT molecular complexity index is 884. The highest BCUT2D eigenvalue weighted by Gasteiger charge is 2.11. The molecule has 0 N–H and O–H groups in total. The van der Waals surface area contributed by atoms with Gasteiger partial charge in [-0.25, -0.2) is 4.98 Å². The fraction of sp³-hybridized carbons (Fsp3) is 0.200. The Morgan fingerprint density at radius 1 is 1.12 bits per heavy atom. The first-order valence-electron chi connectivity index (χ1n) is 8.00. The number of rotatable bonds is 5. The van der Waals surface area contributed by atoms with Crippen LogP contribution in [0.4, 0.5) is 0 Å². The minimum absolute atomic E-state index is 0.190. The highest BCUT2D eigenvalue weighted by molar-refractivity contribution is 6.30. The maximum absolute atomic E-state index is 11.9. The number of benzene rings is 2. The summed E-state index contributed by atoms with van der Waals surface area (Å²) in [5, 5.41) is 0.596. The molecule has 0 saturated heterocycles. The van der Waals surface area contributed by atoms with Crippen molar-refractivity contribution in [3.63, 3.8) is 0 Å². The Balaban J connectivity index is 1.58. The summed E-state index contributed by atoms with van der Waals surface area (Å²) in [5.74, 6) is 1.34. The molecule has 4 nitrogen and oxygen atoms in total. The van der Waals surface area contributed by atoms with Crippen LogP contribution >= 0.6 is 11.6 Å². The lowest BCUT2D eigenvalue weighted by atomic mass is 10.1. The van der Waals surface area contributed by atoms with E-state index in [0.717, 1.165) is 5.56 Å². The van der Waals surface area contributed by atoms with Gasteiger partial charge in [0.1, 0.15) is 5.75 Å². The number of halogens is 1. The Kier molecular flexibility index (Phi) is 5.19. The van der Waals surface area contributed by atoms with E-state index in [2.05, 4.69) is 31.0 Å². The molecule has 3 rings (SSSR count). The molecule has 0 atom stereocenters. The van der Waals surface area contributed by atoms with Gasteiger partial charge in [0.15, 0.2) is 11.7 Å². The summed E-state index contributed by atoms with van der Waals surface area (Å²) in [6.07, 6.45) is 2.26. The van der Waals surface area contributed by atoms with E-state index in [0.29, 0.717) is 28.8 Å². The van der Waals surface area contributed by atoms with Gasteiger partial charge in [0.25, 0.3) is 0 Å². The molecule has 128 valence electrons. The molecular formula is C20H18ClNO3. The van der Waals surface area contributed by atoms with Crippen molar-refractivity contribution >= 4 is 17.6 Å². The van der Waals surface area contributed by atoms with Crippen LogP contribution < -0.4 is 4.74 Å². The maximum Gasteiger partial charge on any atom is 0.311 e. The average Bonchev–Trinajstić information content (AvgIpc) is 3.07. The molecule has 0 spiro atoms. The Morgan fingerprint density at radius 2 is 1.88 bits per heavy atom. The molecule has 0 unspecified atom stereocenters. The fourth-order valence-electron chi connectivity index (χ4n) is 2.35. The van der Waals surface area contributed by atoms with Gasteiger partial charge < -0.3 is 9.15 Å². The van der Waals surface area contributed by atoms with Crippen molar-refractivity contribution in [3.05, 3.63) is 70.7 Å². The summed E-state index contributed by atoms with van der Waals surface area (Å²) < 4.78 is 11.0. The van der Waals surface area contributed by atoms with Gasteiger partial charge in [0, 0.05) is 17.0 Å². The monoisotopic (exact) mass is 355 g/mol. The number of hydrogen-bond donors (Lipinski definition) is 0. The van der Waals surface area contributed by atoms with E-state index in [1.807, 2.05) is 6.07 Å². The number of nitrogens with zero attached hydrogens (tertiary/aromatic N) is 1. The second-order valence-corrected chi connectivity index (χ2v) is 6.28. The normalized spacial score (nSPS) is 10.7. The number of oxazole rings is 1. The van der Waals surface area contributed by atoms with Gasteiger partial charge in [-0.1, -0.05) is 23.7 Å². The number of carbonyl (C=O) groups excluding carboxylic acids is 1. The highest BCUT2D eigenvalue weighted by atomic mass is 35.5. The minimum atomic E-state index is -0.340. The SMILES string of the molecule is Cc1ccc(-c2cnc(CCC(=O)Oc3ccc(Cl)cc3)o2)cc1C. The first kappa shape index (κ1) is 17.2. The predicted molar refractivity (Wildman–Crippen MR) is 96.8 cm³/mol. The van der Waals surface area contributed by atoms with Gasteiger partial charge in [-0.3, -0.25) is 4.79 Å². The predicted octanol–water partition coefficient (Wildman–Crippen LogP) is 5.15. The van der Waals surface area contributed by atoms with E-state index in [1.54, 1.807) is 30.5 Å². The summed E-state index contributed by atoms with van der Waals surface area (Å²) in [7, 11) is 0. The van der Waals surface area contributed by atoms with Crippen LogP contribution in [0.5, 0.6) is 5.75 Å². The zero-order chi connectivity index (χ0) is 17.8. The van der Waals surface area contributed by atoms with Crippen molar-refractivity contribution in [2.24, 2.45) is 0 Å². The van der Waals surface area contributed by atoms with Crippen LogP contribution in [-0.4, -0.2) is 11.0 Å². The zero-order valence-corrected chi connectivity index (χ0v) is 14.8. The van der Waals surface area contributed by atoms with Crippen LogP contribution in [-0.2, 0) is 11.2 Å². The first-order chi connectivity index (χ1) is 12.0. The van der Waals surface area contributed by atoms with Gasteiger partial charge in [0.05, 0.1) is 12.6 Å². The lowest BCUT2D eigenvalue weighted by Gasteiger charge is -2.03. The van der Waals surface area contributed by atoms with E-state index < -0.39 is 0 Å². The summed E-state index contributed by atoms with van der Waals surface area (Å²) in [4.78, 5) is 16.1. The molecule has 2 aromatic carbocycles. The fourth-order valence-corrected chi connectivity index (χ4v) is 2.47. The molecule has 3 aromatic rings. The Morgan fingerprint density at radius 3 is 2.60 bits per heavy atom. The van der Waals surface area contributed by atoms with Gasteiger partial charge >= 0.3 is 5.97 Å². The molecule has 0 aliphatic carbocycles. The first-order valence-corrected chi connectivity index (χ1v) is 8.37. The summed E-state index contributed by atoms with van der Waals surface area (Å²) in [5.41, 5.74) is 3.40. The quantitative estimate of drug-likeness (QED) is 0.469. The number of ether oxygens (including phenoxy) is 1. The second-order valence-electron chi connectivity index (χ2n) is 5.85. The molecule has 0 amide bonds. The molecule has 0 aliphatic rings. The van der Waals surface area contributed by atoms with E-state index in [1.165, 1.54) is 11.1 Å². The molecule has 0 aliphatic heterocycles. The van der Waals surface area contributed by atoms with Crippen molar-refractivity contribution in [2.45, 2.75) is 26.7 Å². The molecule has 5 heteroatoms. The van der Waals surface area contributed by atoms with E-state index in [9.17, 15) is 4.79 Å². The molecule has 1 heterocycles. The third-order valence-corrected chi connectivity index (χ3v) is 4.19. The van der Waals surface area contributed by atoms with Crippen molar-refractivity contribution in [1.29, 1.82) is 0 Å². The molecule has 0 fully saturated rings. The molecule has 0 radical (unpaired) electrons. The lowest BCUT2D eigenvalue weighted by molar-refractivity contribution is -0.134. The van der Waals surface area contributed by atoms with Crippen LogP contribution in [0, 0.1) is 13.8 Å². The Labute approximate surface area is 151 Å². The number of hydrogen-bond acceptors (Lipinski definition) is 4. The highest BCUT2D eigenvalue weighted by Crippen LogP contribution is 2.23. The average molecular weight is 356 g/mol. The van der Waals surface area contributed by atoms with Crippen LogP contribution in [0.3, 0.4) is 0 Å². The third kappa shape index (κ3) is 4.48. The number of esters is 1. The number of aryl methyl sites for hydroxylation is 3. The molecular weight excluding hydrogens is 338 g/mol. The van der Waals surface area contributed by atoms with Gasteiger partial charge in [-0.2, -0.15) is 0 Å². The standard InChI is InChI=1S/C20H18ClNO3/c1-13-3-4-15(11-14(13)2)18-12-22-19(25-18)9-10-20(23)24-17-7-5-16(21)6-8-17/h3-8,11-12H,9-10H2,1-2H3. The van der Waals surface area contributed by atoms with E-state index >= 15 is 0 Å². The molecule has 0 saturated carbocycles. The minimum Gasteiger partial charge on any atom is -0.441 e. The van der Waals surface area contributed by atoms with Crippen LogP contribution in [0.25, 0.3) is 11.3 Å². The molecule has 0 bridgehead atoms. The summed E-state index contributed by atoms with van der Waals surface area (Å²) in [6, 6.07) is 12.8. The zero-order valence-electron chi connectivity index (χ0n) is 14.1. The van der Waals surface area contributed by atoms with Crippen LogP contribution in [0.15, 0.2) is 53.1 Å². The smallest absolute Gasteiger partial charge is 0.311 e. The number of carbonyl (C=O) groups is 1. The van der Waals surface area contributed by atoms with E-state index in [4.69, 9.17) is 20.8 Å². The van der Waals surface area contributed by atoms with Gasteiger partial charge in [0.2, 0.25) is 0 Å². The summed E-state index contributed by atoms with van der Waals surface area (Å²) in [6.45, 7) is 4.13. The van der Waals surface area contributed by atoms with Crippen molar-refractivity contribution in [1.82, 2.24) is 4.98 Å². The van der Waals surface area contributed by atoms with Gasteiger partial charge in [-0.15, -0.1) is 0 Å². The van der Waals surface area contributed by atoms with E-state index in [-0.39, 0.29) is 12.4 Å². The summed E-state index contributed by atoms with van der Waals surface area (Å²) >= 11 is 5.80. The van der Waals surface area contributed by atoms with Crippen molar-refractivity contribution in [2.75, 3.05) is 0 Å². The van der Waals surface area contributed by atoms with Gasteiger partial charge in [-0.05, 0) is 55.3 Å². The van der Waals surface area contributed by atoms with Crippen LogP contribution in [0.1, 0.15) is 23.4 Å². The maximum atomic E-state index is 11.9. The second kappa shape index (κ2) is 7.53. The Hall–Kier alpha value is -2.59. The molecule has 25 heavy (non-hydrogen) atoms. The van der Waals surface area contributed by atoms with Crippen LogP contribution in [0.2, 0.25) is 5.02 Å².